The summed E-state index contributed by atoms with van der Waals surface area (Å²) in [5.41, 5.74) is 3.89. The molecule has 0 saturated heterocycles. The third-order valence-electron chi connectivity index (χ3n) is 2.88. The summed E-state index contributed by atoms with van der Waals surface area (Å²) in [5, 5.41) is 0.153. The van der Waals surface area contributed by atoms with Gasteiger partial charge in [-0.2, -0.15) is 0 Å². The molecule has 0 nitrogen and oxygen atoms in total. The average Bonchev–Trinajstić information content (AvgIpc) is 2.19. The second-order valence-electron chi connectivity index (χ2n) is 4.15. The molecule has 0 aliphatic heterocycles. The summed E-state index contributed by atoms with van der Waals surface area (Å²) in [6.07, 6.45) is 1.13. The number of hydrogen-bond donors (Lipinski definition) is 0. The molecular weight excluding hydrogens is 192 g/mol. The fraction of sp³-hybridized carbons (Fsp3) is 0.538. The van der Waals surface area contributed by atoms with Crippen molar-refractivity contribution in [3.8, 4) is 0 Å². The highest BCUT2D eigenvalue weighted by Gasteiger charge is 2.16. The Morgan fingerprint density at radius 3 is 2.50 bits per heavy atom. The molecule has 0 bridgehead atoms. The van der Waals surface area contributed by atoms with Crippen LogP contribution in [0, 0.1) is 19.8 Å². The highest BCUT2D eigenvalue weighted by Crippen LogP contribution is 2.33. The lowest BCUT2D eigenvalue weighted by molar-refractivity contribution is 0.541. The zero-order valence-electron chi connectivity index (χ0n) is 9.47. The Bertz CT molecular complexity index is 304. The first-order valence-electron chi connectivity index (χ1n) is 5.27. The summed E-state index contributed by atoms with van der Waals surface area (Å²) in [7, 11) is 0. The van der Waals surface area contributed by atoms with E-state index in [4.69, 9.17) is 11.6 Å². The fourth-order valence-electron chi connectivity index (χ4n) is 1.57. The molecule has 0 fully saturated rings. The van der Waals surface area contributed by atoms with Gasteiger partial charge in [0.05, 0.1) is 5.38 Å². The minimum Gasteiger partial charge on any atom is -0.118 e. The quantitative estimate of drug-likeness (QED) is 0.639. The van der Waals surface area contributed by atoms with Gasteiger partial charge >= 0.3 is 0 Å². The molecule has 0 aliphatic rings. The van der Waals surface area contributed by atoms with E-state index in [1.165, 1.54) is 16.7 Å². The number of alkyl halides is 1. The van der Waals surface area contributed by atoms with Crippen LogP contribution in [0.25, 0.3) is 0 Å². The predicted molar refractivity (Wildman–Crippen MR) is 64.0 cm³/mol. The predicted octanol–water partition coefficient (Wildman–Crippen LogP) is 4.63. The summed E-state index contributed by atoms with van der Waals surface area (Å²) in [6.45, 7) is 8.64. The van der Waals surface area contributed by atoms with Gasteiger partial charge in [-0.15, -0.1) is 11.6 Å². The normalized spacial score (nSPS) is 15.2. The van der Waals surface area contributed by atoms with Gasteiger partial charge in [-0.05, 0) is 30.9 Å². The van der Waals surface area contributed by atoms with Crippen LogP contribution in [0.5, 0.6) is 0 Å². The summed E-state index contributed by atoms with van der Waals surface area (Å²) in [5.74, 6) is 0.539. The second-order valence-corrected chi connectivity index (χ2v) is 4.62. The van der Waals surface area contributed by atoms with Crippen LogP contribution in [-0.2, 0) is 0 Å². The Morgan fingerprint density at radius 2 is 1.93 bits per heavy atom. The van der Waals surface area contributed by atoms with Gasteiger partial charge < -0.3 is 0 Å². The van der Waals surface area contributed by atoms with Gasteiger partial charge in [0.15, 0.2) is 0 Å². The van der Waals surface area contributed by atoms with Crippen molar-refractivity contribution in [2.45, 2.75) is 39.5 Å². The summed E-state index contributed by atoms with van der Waals surface area (Å²) >= 11 is 6.43. The van der Waals surface area contributed by atoms with Crippen molar-refractivity contribution in [1.82, 2.24) is 0 Å². The van der Waals surface area contributed by atoms with Crippen LogP contribution in [0.2, 0.25) is 0 Å². The van der Waals surface area contributed by atoms with E-state index in [1.54, 1.807) is 0 Å². The van der Waals surface area contributed by atoms with Crippen molar-refractivity contribution in [1.29, 1.82) is 0 Å². The molecule has 1 rings (SSSR count). The number of hydrogen-bond acceptors (Lipinski definition) is 0. The molecule has 1 aromatic rings. The second kappa shape index (κ2) is 4.84. The largest absolute Gasteiger partial charge is 0.118 e. The molecule has 2 unspecified atom stereocenters. The molecule has 14 heavy (non-hydrogen) atoms. The Labute approximate surface area is 92.3 Å². The van der Waals surface area contributed by atoms with E-state index in [9.17, 15) is 0 Å². The van der Waals surface area contributed by atoms with E-state index >= 15 is 0 Å². The summed E-state index contributed by atoms with van der Waals surface area (Å²) in [4.78, 5) is 0. The van der Waals surface area contributed by atoms with Crippen LogP contribution in [0.3, 0.4) is 0 Å². The molecule has 0 aliphatic carbocycles. The molecule has 1 heteroatoms. The minimum absolute atomic E-state index is 0.153. The highest BCUT2D eigenvalue weighted by atomic mass is 35.5. The average molecular weight is 211 g/mol. The Morgan fingerprint density at radius 1 is 1.29 bits per heavy atom. The minimum atomic E-state index is 0.153. The van der Waals surface area contributed by atoms with Crippen molar-refractivity contribution >= 4 is 11.6 Å². The molecule has 0 radical (unpaired) electrons. The summed E-state index contributed by atoms with van der Waals surface area (Å²) < 4.78 is 0. The van der Waals surface area contributed by atoms with E-state index < -0.39 is 0 Å². The van der Waals surface area contributed by atoms with Crippen LogP contribution in [0.1, 0.15) is 42.3 Å². The molecule has 0 saturated carbocycles. The van der Waals surface area contributed by atoms with Crippen LogP contribution in [0.4, 0.5) is 0 Å². The van der Waals surface area contributed by atoms with Crippen LogP contribution in [0.15, 0.2) is 18.2 Å². The van der Waals surface area contributed by atoms with Gasteiger partial charge in [0.1, 0.15) is 0 Å². The Kier molecular flexibility index (Phi) is 4.00. The Balaban J connectivity index is 2.99. The van der Waals surface area contributed by atoms with Crippen LogP contribution in [-0.4, -0.2) is 0 Å². The Hall–Kier alpha value is -0.490. The number of halogens is 1. The highest BCUT2D eigenvalue weighted by molar-refractivity contribution is 6.21. The number of rotatable bonds is 3. The zero-order chi connectivity index (χ0) is 10.7. The molecule has 0 spiro atoms. The van der Waals surface area contributed by atoms with E-state index in [-0.39, 0.29) is 5.38 Å². The van der Waals surface area contributed by atoms with Gasteiger partial charge in [0, 0.05) is 0 Å². The molecule has 0 heterocycles. The van der Waals surface area contributed by atoms with Gasteiger partial charge in [-0.3, -0.25) is 0 Å². The lowest BCUT2D eigenvalue weighted by Crippen LogP contribution is -2.04. The zero-order valence-corrected chi connectivity index (χ0v) is 10.2. The molecule has 78 valence electrons. The lowest BCUT2D eigenvalue weighted by atomic mass is 9.94. The number of benzene rings is 1. The molecule has 1 aromatic carbocycles. The SMILES string of the molecule is CCC(C)C(Cl)c1cc(C)ccc1C. The maximum absolute atomic E-state index is 6.43. The third-order valence-corrected chi connectivity index (χ3v) is 3.54. The molecule has 0 aromatic heterocycles. The van der Waals surface area contributed by atoms with Gasteiger partial charge in [-0.1, -0.05) is 44.0 Å². The molecule has 0 N–H and O–H groups in total. The standard InChI is InChI=1S/C13H19Cl/c1-5-10(3)13(14)12-8-9(2)6-7-11(12)4/h6-8,10,13H,5H2,1-4H3. The van der Waals surface area contributed by atoms with Crippen molar-refractivity contribution in [3.63, 3.8) is 0 Å². The molecule has 2 atom stereocenters. The first-order valence-corrected chi connectivity index (χ1v) is 5.71. The molecule has 0 amide bonds. The maximum Gasteiger partial charge on any atom is 0.0613 e. The van der Waals surface area contributed by atoms with Crippen molar-refractivity contribution in [2.24, 2.45) is 5.92 Å². The van der Waals surface area contributed by atoms with Gasteiger partial charge in [0.25, 0.3) is 0 Å². The maximum atomic E-state index is 6.43. The van der Waals surface area contributed by atoms with Crippen molar-refractivity contribution in [3.05, 3.63) is 34.9 Å². The van der Waals surface area contributed by atoms with Gasteiger partial charge in [0.2, 0.25) is 0 Å². The third kappa shape index (κ3) is 2.51. The van der Waals surface area contributed by atoms with Crippen molar-refractivity contribution in [2.75, 3.05) is 0 Å². The number of aryl methyl sites for hydroxylation is 2. The van der Waals surface area contributed by atoms with Crippen molar-refractivity contribution < 1.29 is 0 Å². The first kappa shape index (κ1) is 11.6. The van der Waals surface area contributed by atoms with E-state index in [2.05, 4.69) is 45.9 Å². The van der Waals surface area contributed by atoms with Crippen LogP contribution >= 0.6 is 11.6 Å². The topological polar surface area (TPSA) is 0 Å². The van der Waals surface area contributed by atoms with E-state index in [0.29, 0.717) is 5.92 Å². The smallest absolute Gasteiger partial charge is 0.0613 e. The van der Waals surface area contributed by atoms with Gasteiger partial charge in [-0.25, -0.2) is 0 Å². The fourth-order valence-corrected chi connectivity index (χ4v) is 1.98. The monoisotopic (exact) mass is 210 g/mol. The molecular formula is C13H19Cl. The summed E-state index contributed by atoms with van der Waals surface area (Å²) in [6, 6.07) is 6.50. The first-order chi connectivity index (χ1) is 6.56. The lowest BCUT2D eigenvalue weighted by Gasteiger charge is -2.19. The van der Waals surface area contributed by atoms with E-state index in [1.807, 2.05) is 0 Å². The van der Waals surface area contributed by atoms with E-state index in [0.717, 1.165) is 6.42 Å². The van der Waals surface area contributed by atoms with Crippen LogP contribution < -0.4 is 0 Å².